The molecule has 0 radical (unpaired) electrons. The SMILES string of the molecule is CC(=O)c1ccc2cc(O)n(C)c2c1. The van der Waals surface area contributed by atoms with Crippen molar-refractivity contribution in [1.29, 1.82) is 0 Å². The lowest BCUT2D eigenvalue weighted by Crippen LogP contribution is -1.92. The van der Waals surface area contributed by atoms with Gasteiger partial charge >= 0.3 is 0 Å². The van der Waals surface area contributed by atoms with Gasteiger partial charge in [0.1, 0.15) is 0 Å². The van der Waals surface area contributed by atoms with Crippen LogP contribution in [0.1, 0.15) is 17.3 Å². The van der Waals surface area contributed by atoms with Crippen molar-refractivity contribution < 1.29 is 9.90 Å². The number of fused-ring (bicyclic) bond motifs is 1. The van der Waals surface area contributed by atoms with Gasteiger partial charge in [0, 0.05) is 24.1 Å². The highest BCUT2D eigenvalue weighted by atomic mass is 16.3. The number of aryl methyl sites for hydroxylation is 1. The molecule has 1 N–H and O–H groups in total. The van der Waals surface area contributed by atoms with E-state index in [1.54, 1.807) is 29.8 Å². The lowest BCUT2D eigenvalue weighted by atomic mass is 10.1. The number of nitrogens with zero attached hydrogens (tertiary/aromatic N) is 1. The number of hydrogen-bond donors (Lipinski definition) is 1. The zero-order valence-corrected chi connectivity index (χ0v) is 8.11. The van der Waals surface area contributed by atoms with Crippen molar-refractivity contribution >= 4 is 16.7 Å². The number of Topliss-reactive ketones (excluding diaryl/α,β-unsaturated/α-hetero) is 1. The molecule has 0 saturated carbocycles. The predicted octanol–water partition coefficient (Wildman–Crippen LogP) is 2.09. The highest BCUT2D eigenvalue weighted by Crippen LogP contribution is 2.23. The number of hydrogen-bond acceptors (Lipinski definition) is 2. The Morgan fingerprint density at radius 2 is 2.07 bits per heavy atom. The maximum absolute atomic E-state index is 11.1. The fourth-order valence-electron chi connectivity index (χ4n) is 1.53. The van der Waals surface area contributed by atoms with Crippen molar-refractivity contribution in [2.24, 2.45) is 7.05 Å². The molecular formula is C11H11NO2. The molecule has 1 aromatic heterocycles. The van der Waals surface area contributed by atoms with E-state index >= 15 is 0 Å². The van der Waals surface area contributed by atoms with E-state index < -0.39 is 0 Å². The molecule has 0 spiro atoms. The highest BCUT2D eigenvalue weighted by molar-refractivity contribution is 5.98. The third-order valence-corrected chi connectivity index (χ3v) is 2.43. The summed E-state index contributed by atoms with van der Waals surface area (Å²) in [5.41, 5.74) is 1.54. The molecule has 0 atom stereocenters. The Balaban J connectivity index is 2.76. The zero-order chi connectivity index (χ0) is 10.3. The van der Waals surface area contributed by atoms with Crippen molar-refractivity contribution in [3.63, 3.8) is 0 Å². The van der Waals surface area contributed by atoms with Crippen molar-refractivity contribution in [3.8, 4) is 5.88 Å². The molecule has 2 aromatic rings. The van der Waals surface area contributed by atoms with Gasteiger partial charge in [0.05, 0.1) is 5.52 Å². The third-order valence-electron chi connectivity index (χ3n) is 2.43. The van der Waals surface area contributed by atoms with E-state index in [4.69, 9.17) is 0 Å². The molecule has 0 aliphatic carbocycles. The fraction of sp³-hybridized carbons (Fsp3) is 0.182. The van der Waals surface area contributed by atoms with Crippen LogP contribution in [0, 0.1) is 0 Å². The Hall–Kier alpha value is -1.77. The molecule has 0 saturated heterocycles. The average molecular weight is 189 g/mol. The summed E-state index contributed by atoms with van der Waals surface area (Å²) in [6.07, 6.45) is 0. The maximum atomic E-state index is 11.1. The molecule has 0 unspecified atom stereocenters. The van der Waals surface area contributed by atoms with Gasteiger partial charge in [-0.15, -0.1) is 0 Å². The van der Waals surface area contributed by atoms with Crippen molar-refractivity contribution in [2.45, 2.75) is 6.92 Å². The molecule has 0 aliphatic heterocycles. The molecular weight excluding hydrogens is 178 g/mol. The van der Waals surface area contributed by atoms with Crippen molar-refractivity contribution in [2.75, 3.05) is 0 Å². The summed E-state index contributed by atoms with van der Waals surface area (Å²) < 4.78 is 1.65. The molecule has 1 heterocycles. The van der Waals surface area contributed by atoms with Crippen molar-refractivity contribution in [3.05, 3.63) is 29.8 Å². The maximum Gasteiger partial charge on any atom is 0.191 e. The second-order valence-electron chi connectivity index (χ2n) is 3.39. The van der Waals surface area contributed by atoms with Crippen LogP contribution in [0.3, 0.4) is 0 Å². The van der Waals surface area contributed by atoms with E-state index in [9.17, 15) is 9.90 Å². The Labute approximate surface area is 81.6 Å². The van der Waals surface area contributed by atoms with Gasteiger partial charge in [-0.2, -0.15) is 0 Å². The lowest BCUT2D eigenvalue weighted by Gasteiger charge is -1.99. The molecule has 0 amide bonds. The van der Waals surface area contributed by atoms with Crippen LogP contribution in [0.5, 0.6) is 5.88 Å². The second-order valence-corrected chi connectivity index (χ2v) is 3.39. The molecule has 0 aliphatic rings. The van der Waals surface area contributed by atoms with Gasteiger partial charge in [-0.3, -0.25) is 4.79 Å². The highest BCUT2D eigenvalue weighted by Gasteiger charge is 2.06. The largest absolute Gasteiger partial charge is 0.494 e. The summed E-state index contributed by atoms with van der Waals surface area (Å²) in [6.45, 7) is 1.53. The molecule has 0 bridgehead atoms. The Kier molecular flexibility index (Phi) is 1.81. The molecule has 3 heteroatoms. The van der Waals surface area contributed by atoms with Gasteiger partial charge in [-0.1, -0.05) is 12.1 Å². The third kappa shape index (κ3) is 1.18. The first-order valence-corrected chi connectivity index (χ1v) is 4.39. The van der Waals surface area contributed by atoms with Gasteiger partial charge in [0.25, 0.3) is 0 Å². The van der Waals surface area contributed by atoms with Gasteiger partial charge in [0.2, 0.25) is 0 Å². The van der Waals surface area contributed by atoms with Crippen LogP contribution in [0.2, 0.25) is 0 Å². The topological polar surface area (TPSA) is 42.2 Å². The molecule has 1 aromatic carbocycles. The number of carbonyl (C=O) groups is 1. The Morgan fingerprint density at radius 3 is 2.71 bits per heavy atom. The first-order valence-electron chi connectivity index (χ1n) is 4.39. The summed E-state index contributed by atoms with van der Waals surface area (Å²) in [7, 11) is 1.77. The average Bonchev–Trinajstić information content (AvgIpc) is 2.43. The van der Waals surface area contributed by atoms with Crippen LogP contribution in [0.25, 0.3) is 10.9 Å². The van der Waals surface area contributed by atoms with Crippen LogP contribution in [-0.4, -0.2) is 15.5 Å². The standard InChI is InChI=1S/C11H11NO2/c1-7(13)8-3-4-9-6-11(14)12(2)10(9)5-8/h3-6,14H,1-2H3. The predicted molar refractivity (Wildman–Crippen MR) is 54.6 cm³/mol. The first kappa shape index (κ1) is 8.81. The van der Waals surface area contributed by atoms with E-state index in [0.29, 0.717) is 5.56 Å². The van der Waals surface area contributed by atoms with Crippen LogP contribution >= 0.6 is 0 Å². The minimum absolute atomic E-state index is 0.0348. The van der Waals surface area contributed by atoms with Gasteiger partial charge < -0.3 is 9.67 Å². The molecule has 2 rings (SSSR count). The zero-order valence-electron chi connectivity index (χ0n) is 8.11. The van der Waals surface area contributed by atoms with Gasteiger partial charge in [-0.05, 0) is 13.0 Å². The summed E-state index contributed by atoms with van der Waals surface area (Å²) in [5, 5.41) is 10.4. The van der Waals surface area contributed by atoms with Crippen LogP contribution in [0.15, 0.2) is 24.3 Å². The second kappa shape index (κ2) is 2.87. The van der Waals surface area contributed by atoms with Crippen LogP contribution in [-0.2, 0) is 7.05 Å². The number of aromatic nitrogens is 1. The Morgan fingerprint density at radius 1 is 1.36 bits per heavy atom. The van der Waals surface area contributed by atoms with E-state index in [2.05, 4.69) is 0 Å². The number of benzene rings is 1. The quantitative estimate of drug-likeness (QED) is 0.698. The smallest absolute Gasteiger partial charge is 0.191 e. The van der Waals surface area contributed by atoms with Crippen LogP contribution in [0.4, 0.5) is 0 Å². The van der Waals surface area contributed by atoms with E-state index in [1.165, 1.54) is 6.92 Å². The van der Waals surface area contributed by atoms with E-state index in [1.807, 2.05) is 6.07 Å². The number of rotatable bonds is 1. The molecule has 72 valence electrons. The molecule has 0 fully saturated rings. The van der Waals surface area contributed by atoms with Crippen molar-refractivity contribution in [1.82, 2.24) is 4.57 Å². The number of carbonyl (C=O) groups excluding carboxylic acids is 1. The van der Waals surface area contributed by atoms with E-state index in [-0.39, 0.29) is 11.7 Å². The minimum atomic E-state index is 0.0348. The Bertz CT molecular complexity index is 511. The van der Waals surface area contributed by atoms with Gasteiger partial charge in [-0.25, -0.2) is 0 Å². The monoisotopic (exact) mass is 189 g/mol. The minimum Gasteiger partial charge on any atom is -0.494 e. The lowest BCUT2D eigenvalue weighted by molar-refractivity contribution is 0.101. The normalized spacial score (nSPS) is 10.7. The fourth-order valence-corrected chi connectivity index (χ4v) is 1.53. The van der Waals surface area contributed by atoms with Gasteiger partial charge in [0.15, 0.2) is 11.7 Å². The summed E-state index contributed by atoms with van der Waals surface area (Å²) in [5.74, 6) is 0.244. The first-order chi connectivity index (χ1) is 6.59. The molecule has 14 heavy (non-hydrogen) atoms. The number of aromatic hydroxyl groups is 1. The summed E-state index contributed by atoms with van der Waals surface area (Å²) >= 11 is 0. The molecule has 3 nitrogen and oxygen atoms in total. The van der Waals surface area contributed by atoms with Crippen LogP contribution < -0.4 is 0 Å². The number of ketones is 1. The summed E-state index contributed by atoms with van der Waals surface area (Å²) in [4.78, 5) is 11.1. The van der Waals surface area contributed by atoms with E-state index in [0.717, 1.165) is 10.9 Å². The summed E-state index contributed by atoms with van der Waals surface area (Å²) in [6, 6.07) is 7.08.